The van der Waals surface area contributed by atoms with E-state index in [4.69, 9.17) is 40.1 Å². The minimum absolute atomic E-state index is 0.0520. The summed E-state index contributed by atoms with van der Waals surface area (Å²) in [6.45, 7) is 2.42. The predicted octanol–water partition coefficient (Wildman–Crippen LogP) is 4.21. The van der Waals surface area contributed by atoms with Gasteiger partial charge in [-0.3, -0.25) is 4.79 Å². The number of nitrogens with zero attached hydrogens (tertiary/aromatic N) is 2. The predicted molar refractivity (Wildman–Crippen MR) is 89.5 cm³/mol. The normalized spacial score (nSPS) is 16.3. The van der Waals surface area contributed by atoms with Gasteiger partial charge in [0.25, 0.3) is 0 Å². The number of carbonyl (C=O) groups is 1. The Labute approximate surface area is 144 Å². The number of hydrogen-bond acceptors (Lipinski definition) is 3. The van der Waals surface area contributed by atoms with Crippen LogP contribution in [0.1, 0.15) is 19.3 Å². The summed E-state index contributed by atoms with van der Waals surface area (Å²) in [5.41, 5.74) is 0.480. The molecule has 1 heterocycles. The summed E-state index contributed by atoms with van der Waals surface area (Å²) in [5, 5.41) is 12.5. The molecule has 1 fully saturated rings. The standard InChI is InChI=1S/C15H16Cl3N3O/c16-11-8-13(18)14(9-12(11)17)20-15(22)10-2-6-21(7-3-10)5-1-4-19/h8-10H,1-3,5-7H2,(H,20,22). The molecule has 0 aromatic heterocycles. The monoisotopic (exact) mass is 359 g/mol. The molecule has 1 aliphatic heterocycles. The topological polar surface area (TPSA) is 56.1 Å². The van der Waals surface area contributed by atoms with Crippen LogP contribution in [0.3, 0.4) is 0 Å². The Hall–Kier alpha value is -0.990. The number of carbonyl (C=O) groups excluding carboxylic acids is 1. The summed E-state index contributed by atoms with van der Waals surface area (Å²) in [4.78, 5) is 14.5. The lowest BCUT2D eigenvalue weighted by Gasteiger charge is -2.30. The second-order valence-corrected chi connectivity index (χ2v) is 6.48. The van der Waals surface area contributed by atoms with E-state index in [-0.39, 0.29) is 11.8 Å². The van der Waals surface area contributed by atoms with Gasteiger partial charge in [0.05, 0.1) is 26.8 Å². The summed E-state index contributed by atoms with van der Waals surface area (Å²) < 4.78 is 0. The minimum atomic E-state index is -0.0553. The smallest absolute Gasteiger partial charge is 0.227 e. The van der Waals surface area contributed by atoms with Crippen LogP contribution in [-0.2, 0) is 4.79 Å². The highest BCUT2D eigenvalue weighted by molar-refractivity contribution is 6.44. The Balaban J connectivity index is 1.91. The average Bonchev–Trinajstić information content (AvgIpc) is 2.51. The lowest BCUT2D eigenvalue weighted by Crippen LogP contribution is -2.38. The van der Waals surface area contributed by atoms with Gasteiger partial charge in [0.15, 0.2) is 0 Å². The van der Waals surface area contributed by atoms with E-state index in [0.29, 0.717) is 27.2 Å². The molecule has 1 saturated heterocycles. The fraction of sp³-hybridized carbons (Fsp3) is 0.467. The van der Waals surface area contributed by atoms with Crippen molar-refractivity contribution in [1.29, 1.82) is 5.26 Å². The zero-order valence-electron chi connectivity index (χ0n) is 11.9. The molecule has 22 heavy (non-hydrogen) atoms. The Morgan fingerprint density at radius 2 is 1.86 bits per heavy atom. The number of benzene rings is 1. The van der Waals surface area contributed by atoms with Crippen LogP contribution < -0.4 is 5.32 Å². The number of nitrogens with one attached hydrogen (secondary N) is 1. The zero-order chi connectivity index (χ0) is 16.1. The molecule has 1 amide bonds. The highest BCUT2D eigenvalue weighted by Crippen LogP contribution is 2.33. The molecule has 2 rings (SSSR count). The van der Waals surface area contributed by atoms with E-state index >= 15 is 0 Å². The van der Waals surface area contributed by atoms with Crippen molar-refractivity contribution in [2.24, 2.45) is 5.92 Å². The van der Waals surface area contributed by atoms with Crippen molar-refractivity contribution in [2.75, 3.05) is 25.0 Å². The molecule has 0 unspecified atom stereocenters. The molecule has 0 aliphatic carbocycles. The maximum Gasteiger partial charge on any atom is 0.227 e. The molecule has 0 bridgehead atoms. The van der Waals surface area contributed by atoms with Gasteiger partial charge in [0, 0.05) is 18.9 Å². The third kappa shape index (κ3) is 4.50. The molecule has 1 aliphatic rings. The molecule has 0 saturated carbocycles. The molecule has 0 atom stereocenters. The first-order valence-electron chi connectivity index (χ1n) is 7.06. The van der Waals surface area contributed by atoms with E-state index in [1.165, 1.54) is 6.07 Å². The van der Waals surface area contributed by atoms with Gasteiger partial charge in [-0.25, -0.2) is 0 Å². The van der Waals surface area contributed by atoms with Crippen molar-refractivity contribution in [3.8, 4) is 6.07 Å². The van der Waals surface area contributed by atoms with Gasteiger partial charge in [0.1, 0.15) is 0 Å². The van der Waals surface area contributed by atoms with Gasteiger partial charge < -0.3 is 10.2 Å². The van der Waals surface area contributed by atoms with Gasteiger partial charge in [-0.1, -0.05) is 34.8 Å². The van der Waals surface area contributed by atoms with E-state index in [9.17, 15) is 4.79 Å². The van der Waals surface area contributed by atoms with Crippen molar-refractivity contribution in [3.63, 3.8) is 0 Å². The molecule has 4 nitrogen and oxygen atoms in total. The van der Waals surface area contributed by atoms with Crippen LogP contribution in [0, 0.1) is 17.2 Å². The highest BCUT2D eigenvalue weighted by Gasteiger charge is 2.25. The van der Waals surface area contributed by atoms with Crippen LogP contribution in [0.4, 0.5) is 5.69 Å². The summed E-state index contributed by atoms with van der Waals surface area (Å²) in [6.07, 6.45) is 2.07. The number of nitriles is 1. The average molecular weight is 361 g/mol. The fourth-order valence-electron chi connectivity index (χ4n) is 2.48. The van der Waals surface area contributed by atoms with Gasteiger partial charge in [-0.2, -0.15) is 5.26 Å². The Morgan fingerprint density at radius 3 is 2.50 bits per heavy atom. The number of rotatable bonds is 4. The molecular weight excluding hydrogens is 345 g/mol. The van der Waals surface area contributed by atoms with E-state index in [0.717, 1.165) is 32.5 Å². The Kier molecular flexibility index (Phi) is 6.34. The number of hydrogen-bond donors (Lipinski definition) is 1. The second kappa shape index (κ2) is 8.03. The first-order chi connectivity index (χ1) is 10.5. The van der Waals surface area contributed by atoms with Crippen LogP contribution in [0.15, 0.2) is 12.1 Å². The molecule has 7 heteroatoms. The first-order valence-corrected chi connectivity index (χ1v) is 8.19. The van der Waals surface area contributed by atoms with Gasteiger partial charge >= 0.3 is 0 Å². The van der Waals surface area contributed by atoms with E-state index in [2.05, 4.69) is 16.3 Å². The van der Waals surface area contributed by atoms with Gasteiger partial charge in [0.2, 0.25) is 5.91 Å². The molecular formula is C15H16Cl3N3O. The van der Waals surface area contributed by atoms with Crippen molar-refractivity contribution in [3.05, 3.63) is 27.2 Å². The van der Waals surface area contributed by atoms with Crippen LogP contribution >= 0.6 is 34.8 Å². The SMILES string of the molecule is N#CCCN1CCC(C(=O)Nc2cc(Cl)c(Cl)cc2Cl)CC1. The fourth-order valence-corrected chi connectivity index (χ4v) is 3.07. The van der Waals surface area contributed by atoms with Crippen molar-refractivity contribution < 1.29 is 4.79 Å². The lowest BCUT2D eigenvalue weighted by atomic mass is 9.95. The quantitative estimate of drug-likeness (QED) is 0.818. The van der Waals surface area contributed by atoms with E-state index in [1.807, 2.05) is 0 Å². The highest BCUT2D eigenvalue weighted by atomic mass is 35.5. The van der Waals surface area contributed by atoms with Crippen LogP contribution in [0.2, 0.25) is 15.1 Å². The third-order valence-electron chi connectivity index (χ3n) is 3.77. The molecule has 1 aromatic carbocycles. The van der Waals surface area contributed by atoms with Crippen molar-refractivity contribution in [2.45, 2.75) is 19.3 Å². The van der Waals surface area contributed by atoms with Crippen LogP contribution in [-0.4, -0.2) is 30.4 Å². The number of amides is 1. The number of piperidine rings is 1. The van der Waals surface area contributed by atoms with Crippen LogP contribution in [0.25, 0.3) is 0 Å². The lowest BCUT2D eigenvalue weighted by molar-refractivity contribution is -0.121. The second-order valence-electron chi connectivity index (χ2n) is 5.26. The van der Waals surface area contributed by atoms with Gasteiger partial charge in [-0.05, 0) is 38.1 Å². The number of likely N-dealkylation sites (tertiary alicyclic amines) is 1. The molecule has 1 aromatic rings. The molecule has 0 radical (unpaired) electrons. The number of anilines is 1. The number of halogens is 3. The maximum atomic E-state index is 12.3. The summed E-state index contributed by atoms with van der Waals surface area (Å²) in [6, 6.07) is 5.22. The van der Waals surface area contributed by atoms with Crippen molar-refractivity contribution >= 4 is 46.4 Å². The van der Waals surface area contributed by atoms with Crippen LogP contribution in [0.5, 0.6) is 0 Å². The Morgan fingerprint density at radius 1 is 1.23 bits per heavy atom. The Bertz CT molecular complexity index is 592. The van der Waals surface area contributed by atoms with E-state index in [1.54, 1.807) is 6.07 Å². The molecule has 1 N–H and O–H groups in total. The zero-order valence-corrected chi connectivity index (χ0v) is 14.2. The first kappa shape index (κ1) is 17.4. The summed E-state index contributed by atoms with van der Waals surface area (Å²) >= 11 is 17.9. The largest absolute Gasteiger partial charge is 0.324 e. The van der Waals surface area contributed by atoms with Crippen molar-refractivity contribution in [1.82, 2.24) is 4.90 Å². The summed E-state index contributed by atoms with van der Waals surface area (Å²) in [7, 11) is 0. The third-order valence-corrected chi connectivity index (χ3v) is 4.80. The molecule has 118 valence electrons. The molecule has 0 spiro atoms. The van der Waals surface area contributed by atoms with E-state index < -0.39 is 0 Å². The van der Waals surface area contributed by atoms with Gasteiger partial charge in [-0.15, -0.1) is 0 Å². The summed E-state index contributed by atoms with van der Waals surface area (Å²) in [5.74, 6) is -0.107. The minimum Gasteiger partial charge on any atom is -0.324 e. The maximum absolute atomic E-state index is 12.3.